The summed E-state index contributed by atoms with van der Waals surface area (Å²) >= 11 is 0. The maximum absolute atomic E-state index is 13.1. The highest BCUT2D eigenvalue weighted by Crippen LogP contribution is 2.42. The number of unbranched alkanes of at least 4 members (excludes halogenated alkanes) is 1. The first-order valence-corrected chi connectivity index (χ1v) is 13.5. The van der Waals surface area contributed by atoms with E-state index < -0.39 is 11.2 Å². The summed E-state index contributed by atoms with van der Waals surface area (Å²) in [6, 6.07) is 17.6. The molecule has 2 atom stereocenters. The van der Waals surface area contributed by atoms with Crippen LogP contribution in [0.1, 0.15) is 41.9 Å². The Balaban J connectivity index is 1.27. The van der Waals surface area contributed by atoms with E-state index in [1.165, 1.54) is 40.6 Å². The number of hydrogen-bond acceptors (Lipinski definition) is 8. The molecular weight excluding hydrogens is 512 g/mol. The molecule has 0 saturated heterocycles. The van der Waals surface area contributed by atoms with Crippen molar-refractivity contribution in [2.45, 2.75) is 37.9 Å². The van der Waals surface area contributed by atoms with E-state index in [2.05, 4.69) is 58.1 Å². The second-order valence-corrected chi connectivity index (χ2v) is 9.77. The van der Waals surface area contributed by atoms with Crippen molar-refractivity contribution < 1.29 is 24.3 Å². The minimum atomic E-state index is -0.587. The summed E-state index contributed by atoms with van der Waals surface area (Å²) in [5, 5.41) is 25.8. The highest BCUT2D eigenvalue weighted by Gasteiger charge is 2.31. The molecule has 1 aromatic heterocycles. The molecule has 3 N–H and O–H groups in total. The molecule has 2 heterocycles. The Hall–Kier alpha value is -4.28. The standard InChI is InChI=1S/C30H32N4O6/c35-14-3-4-15-39-29-18-21(24-8-5-9-25-23-7-2-1-6-20(23)16-26(24)25)17-27(40-29)30(36)32-13-12-31-28-11-10-22(19-33-28)34(37)38/h1-2,5-11,17,19,21,29,35H,3-4,12-16,18H2,(H,31,33)(H,32,36). The highest BCUT2D eigenvalue weighted by molar-refractivity contribution is 5.91. The molecule has 3 aromatic rings. The predicted octanol–water partition coefficient (Wildman–Crippen LogP) is 4.29. The SMILES string of the molecule is O=C(NCCNc1ccc([N+](=O)[O-])cn1)C1=CC(c2cccc3c2Cc2ccccc2-3)CC(OCCCCO)O1. The molecule has 0 bridgehead atoms. The first-order valence-electron chi connectivity index (χ1n) is 13.5. The molecule has 40 heavy (non-hydrogen) atoms. The molecule has 2 unspecified atom stereocenters. The smallest absolute Gasteiger partial charge is 0.287 e. The number of nitrogens with one attached hydrogen (secondary N) is 2. The van der Waals surface area contributed by atoms with E-state index in [0.717, 1.165) is 12.0 Å². The van der Waals surface area contributed by atoms with Crippen LogP contribution < -0.4 is 10.6 Å². The summed E-state index contributed by atoms with van der Waals surface area (Å²) < 4.78 is 12.0. The molecule has 10 nitrogen and oxygen atoms in total. The summed E-state index contributed by atoms with van der Waals surface area (Å²) in [5.41, 5.74) is 6.12. The van der Waals surface area contributed by atoms with Gasteiger partial charge in [-0.25, -0.2) is 4.98 Å². The number of fused-ring (bicyclic) bond motifs is 3. The van der Waals surface area contributed by atoms with Gasteiger partial charge in [0.1, 0.15) is 12.0 Å². The molecular formula is C30H32N4O6. The lowest BCUT2D eigenvalue weighted by Crippen LogP contribution is -2.35. The van der Waals surface area contributed by atoms with Gasteiger partial charge < -0.3 is 25.2 Å². The van der Waals surface area contributed by atoms with E-state index in [0.29, 0.717) is 44.8 Å². The number of aliphatic hydroxyl groups is 1. The van der Waals surface area contributed by atoms with Gasteiger partial charge in [0, 0.05) is 38.1 Å². The summed E-state index contributed by atoms with van der Waals surface area (Å²) in [5.74, 6) is 0.278. The van der Waals surface area contributed by atoms with Crippen molar-refractivity contribution in [1.29, 1.82) is 0 Å². The number of rotatable bonds is 12. The number of benzene rings is 2. The lowest BCUT2D eigenvalue weighted by Gasteiger charge is -2.30. The first kappa shape index (κ1) is 27.3. The zero-order valence-corrected chi connectivity index (χ0v) is 22.0. The minimum Gasteiger partial charge on any atom is -0.459 e. The van der Waals surface area contributed by atoms with Crippen molar-refractivity contribution in [2.75, 3.05) is 31.6 Å². The molecule has 2 aliphatic rings. The van der Waals surface area contributed by atoms with Crippen molar-refractivity contribution in [3.8, 4) is 11.1 Å². The number of carbonyl (C=O) groups is 1. The number of nitro groups is 1. The van der Waals surface area contributed by atoms with Gasteiger partial charge in [0.05, 0.1) is 11.5 Å². The Kier molecular flexibility index (Phi) is 8.68. The second kappa shape index (κ2) is 12.7. The van der Waals surface area contributed by atoms with Gasteiger partial charge in [0.25, 0.3) is 11.6 Å². The largest absolute Gasteiger partial charge is 0.459 e. The third-order valence-corrected chi connectivity index (χ3v) is 7.10. The fourth-order valence-electron chi connectivity index (χ4n) is 5.15. The van der Waals surface area contributed by atoms with Crippen LogP contribution in [-0.2, 0) is 20.7 Å². The summed E-state index contributed by atoms with van der Waals surface area (Å²) in [4.78, 5) is 27.4. The third kappa shape index (κ3) is 6.30. The Labute approximate surface area is 232 Å². The predicted molar refractivity (Wildman–Crippen MR) is 150 cm³/mol. The van der Waals surface area contributed by atoms with E-state index in [1.807, 2.05) is 6.08 Å². The molecule has 1 aliphatic heterocycles. The monoisotopic (exact) mass is 544 g/mol. The van der Waals surface area contributed by atoms with E-state index in [1.54, 1.807) is 0 Å². The van der Waals surface area contributed by atoms with E-state index in [9.17, 15) is 14.9 Å². The molecule has 0 radical (unpaired) electrons. The van der Waals surface area contributed by atoms with Gasteiger partial charge in [0.15, 0.2) is 5.76 Å². The third-order valence-electron chi connectivity index (χ3n) is 7.10. The number of ether oxygens (including phenoxy) is 2. The van der Waals surface area contributed by atoms with Gasteiger partial charge in [-0.2, -0.15) is 0 Å². The molecule has 2 aromatic carbocycles. The van der Waals surface area contributed by atoms with Crippen molar-refractivity contribution in [3.63, 3.8) is 0 Å². The topological polar surface area (TPSA) is 136 Å². The van der Waals surface area contributed by atoms with Gasteiger partial charge in [-0.3, -0.25) is 14.9 Å². The molecule has 208 valence electrons. The average Bonchev–Trinajstić information content (AvgIpc) is 3.36. The zero-order valence-electron chi connectivity index (χ0n) is 22.0. The molecule has 0 saturated carbocycles. The number of aromatic nitrogens is 1. The maximum Gasteiger partial charge on any atom is 0.287 e. The van der Waals surface area contributed by atoms with Gasteiger partial charge in [-0.05, 0) is 59.2 Å². The second-order valence-electron chi connectivity index (χ2n) is 9.77. The zero-order chi connectivity index (χ0) is 27.9. The number of allylic oxidation sites excluding steroid dienone is 1. The molecule has 0 spiro atoms. The number of nitrogens with zero attached hydrogens (tertiary/aromatic N) is 2. The van der Waals surface area contributed by atoms with E-state index >= 15 is 0 Å². The molecule has 0 fully saturated rings. The van der Waals surface area contributed by atoms with Crippen molar-refractivity contribution in [3.05, 3.63) is 99.4 Å². The number of carbonyl (C=O) groups excluding carboxylic acids is 1. The van der Waals surface area contributed by atoms with Gasteiger partial charge in [-0.15, -0.1) is 0 Å². The Bertz CT molecular complexity index is 1390. The van der Waals surface area contributed by atoms with Crippen LogP contribution >= 0.6 is 0 Å². The first-order chi connectivity index (χ1) is 19.5. The van der Waals surface area contributed by atoms with Gasteiger partial charge >= 0.3 is 0 Å². The van der Waals surface area contributed by atoms with Gasteiger partial charge in [0.2, 0.25) is 6.29 Å². The van der Waals surface area contributed by atoms with E-state index in [-0.39, 0.29) is 29.9 Å². The molecule has 10 heteroatoms. The maximum atomic E-state index is 13.1. The number of anilines is 1. The van der Waals surface area contributed by atoms with Crippen molar-refractivity contribution >= 4 is 17.4 Å². The molecule has 1 aliphatic carbocycles. The van der Waals surface area contributed by atoms with Crippen LogP contribution in [0.15, 0.2) is 72.6 Å². The fraction of sp³-hybridized carbons (Fsp3) is 0.333. The number of amides is 1. The van der Waals surface area contributed by atoms with Crippen molar-refractivity contribution in [1.82, 2.24) is 10.3 Å². The fourth-order valence-corrected chi connectivity index (χ4v) is 5.15. The normalized spacial score (nSPS) is 17.3. The van der Waals surface area contributed by atoms with Gasteiger partial charge in [-0.1, -0.05) is 42.5 Å². The number of aliphatic hydroxyl groups excluding tert-OH is 1. The van der Waals surface area contributed by atoms with Crippen LogP contribution in [0.25, 0.3) is 11.1 Å². The molecule has 1 amide bonds. The average molecular weight is 545 g/mol. The van der Waals surface area contributed by atoms with Crippen LogP contribution in [0.4, 0.5) is 11.5 Å². The van der Waals surface area contributed by atoms with E-state index in [4.69, 9.17) is 14.6 Å². The van der Waals surface area contributed by atoms with Crippen LogP contribution in [0.2, 0.25) is 0 Å². The summed E-state index contributed by atoms with van der Waals surface area (Å²) in [7, 11) is 0. The number of pyridine rings is 1. The van der Waals surface area contributed by atoms with Crippen LogP contribution in [0, 0.1) is 10.1 Å². The van der Waals surface area contributed by atoms with Crippen molar-refractivity contribution in [2.24, 2.45) is 0 Å². The van der Waals surface area contributed by atoms with Crippen LogP contribution in [0.5, 0.6) is 0 Å². The Morgan fingerprint density at radius 1 is 1.10 bits per heavy atom. The minimum absolute atomic E-state index is 0.0657. The quantitative estimate of drug-likeness (QED) is 0.137. The highest BCUT2D eigenvalue weighted by atomic mass is 16.7. The molecule has 5 rings (SSSR count). The lowest BCUT2D eigenvalue weighted by atomic mass is 9.87. The summed E-state index contributed by atoms with van der Waals surface area (Å²) in [6.07, 6.45) is 5.24. The number of hydrogen-bond donors (Lipinski definition) is 3. The van der Waals surface area contributed by atoms with Crippen LogP contribution in [-0.4, -0.2) is 53.5 Å². The summed E-state index contributed by atoms with van der Waals surface area (Å²) in [6.45, 7) is 1.20. The van der Waals surface area contributed by atoms with Crippen LogP contribution in [0.3, 0.4) is 0 Å². The Morgan fingerprint density at radius 3 is 2.75 bits per heavy atom. The lowest BCUT2D eigenvalue weighted by molar-refractivity contribution is -0.385. The Morgan fingerprint density at radius 2 is 1.95 bits per heavy atom.